The normalized spacial score (nSPS) is 10.6. The van der Waals surface area contributed by atoms with Crippen molar-refractivity contribution in [3.63, 3.8) is 0 Å². The number of amides is 4. The predicted molar refractivity (Wildman–Crippen MR) is 283 cm³/mol. The Morgan fingerprint density at radius 1 is 0.305 bits per heavy atom. The van der Waals surface area contributed by atoms with E-state index in [1.54, 1.807) is 72.8 Å². The summed E-state index contributed by atoms with van der Waals surface area (Å²) in [6.07, 6.45) is -0.0493. The molecule has 29 heteroatoms. The zero-order valence-corrected chi connectivity index (χ0v) is 42.4. The summed E-state index contributed by atoms with van der Waals surface area (Å²) in [5.74, 6) is -10.2. The van der Waals surface area contributed by atoms with Crippen LogP contribution in [0, 0.1) is 0 Å². The van der Waals surface area contributed by atoms with Crippen molar-refractivity contribution in [2.45, 2.75) is 19.3 Å². The van der Waals surface area contributed by atoms with Crippen molar-refractivity contribution in [3.05, 3.63) is 161 Å². The van der Waals surface area contributed by atoms with E-state index in [9.17, 15) is 63.3 Å². The van der Waals surface area contributed by atoms with Crippen LogP contribution in [0.1, 0.15) is 47.8 Å². The van der Waals surface area contributed by atoms with Crippen molar-refractivity contribution in [1.29, 1.82) is 0 Å². The molecule has 0 aromatic heterocycles. The highest BCUT2D eigenvalue weighted by Crippen LogP contribution is 2.28. The zero-order chi connectivity index (χ0) is 60.3. The number of aromatic carboxylic acids is 1. The summed E-state index contributed by atoms with van der Waals surface area (Å²) in [5, 5.41) is 113. The number of carboxylic acids is 6. The molecule has 4 amide bonds. The van der Waals surface area contributed by atoms with Crippen LogP contribution < -0.4 is 21.3 Å². The van der Waals surface area contributed by atoms with Gasteiger partial charge in [-0.15, -0.1) is 0 Å². The number of hydrogen-bond acceptors (Lipinski definition) is 19. The molecular weight excluding hydrogens is 1080 g/mol. The van der Waals surface area contributed by atoms with Crippen molar-refractivity contribution in [1.82, 2.24) is 21.3 Å². The zero-order valence-electron chi connectivity index (χ0n) is 42.4. The first-order chi connectivity index (χ1) is 38.9. The third-order valence-electron chi connectivity index (χ3n) is 10.1. The fourth-order valence-corrected chi connectivity index (χ4v) is 6.20. The van der Waals surface area contributed by atoms with E-state index < -0.39 is 85.6 Å². The van der Waals surface area contributed by atoms with Crippen molar-refractivity contribution in [2.24, 2.45) is 30.7 Å². The predicted octanol–water partition coefficient (Wildman–Crippen LogP) is 5.86. The number of rotatable bonds is 23. The Morgan fingerprint density at radius 2 is 0.561 bits per heavy atom. The Bertz CT molecular complexity index is 3420. The maximum Gasteiger partial charge on any atom is 0.339 e. The van der Waals surface area contributed by atoms with Gasteiger partial charge in [0.2, 0.25) is 11.8 Å². The molecule has 6 aromatic rings. The topological polar surface area (TPSA) is 475 Å². The molecule has 0 radical (unpaired) electrons. The van der Waals surface area contributed by atoms with E-state index in [1.165, 1.54) is 54.6 Å². The van der Waals surface area contributed by atoms with Gasteiger partial charge in [0.05, 0.1) is 64.5 Å². The van der Waals surface area contributed by atoms with Crippen LogP contribution in [0.5, 0.6) is 17.2 Å². The summed E-state index contributed by atoms with van der Waals surface area (Å²) < 4.78 is 0. The van der Waals surface area contributed by atoms with Gasteiger partial charge in [0, 0.05) is 0 Å². The molecule has 29 nitrogen and oxygen atoms in total. The summed E-state index contributed by atoms with van der Waals surface area (Å²) in [5.41, 5.74) is 3.60. The summed E-state index contributed by atoms with van der Waals surface area (Å²) in [4.78, 5) is 110. The number of carbonyl (C=O) groups is 10. The number of aromatic hydroxyl groups is 3. The van der Waals surface area contributed by atoms with Crippen LogP contribution in [-0.2, 0) is 52.8 Å². The Balaban J connectivity index is 0.000000265. The van der Waals surface area contributed by atoms with Crippen LogP contribution in [0.4, 0.5) is 34.1 Å². The molecule has 0 spiro atoms. The lowest BCUT2D eigenvalue weighted by atomic mass is 10.1. The van der Waals surface area contributed by atoms with Crippen LogP contribution in [0.25, 0.3) is 0 Å². The Hall–Kier alpha value is -11.8. The minimum absolute atomic E-state index is 0.0114. The third kappa shape index (κ3) is 22.8. The van der Waals surface area contributed by atoms with Gasteiger partial charge in [-0.05, 0) is 108 Å². The highest BCUT2D eigenvalue weighted by atomic mass is 16.4. The minimum Gasteiger partial charge on any atom is -0.507 e. The van der Waals surface area contributed by atoms with Crippen molar-refractivity contribution < 1.29 is 93.9 Å². The number of aliphatic carboxylic acids is 5. The lowest BCUT2D eigenvalue weighted by Gasteiger charge is -2.05. The van der Waals surface area contributed by atoms with Crippen molar-refractivity contribution >= 4 is 93.6 Å². The van der Waals surface area contributed by atoms with Gasteiger partial charge >= 0.3 is 35.8 Å². The number of hydrogen-bond donors (Lipinski definition) is 13. The molecule has 0 saturated heterocycles. The number of benzene rings is 6. The van der Waals surface area contributed by atoms with Gasteiger partial charge in [0.15, 0.2) is 0 Å². The van der Waals surface area contributed by atoms with E-state index in [-0.39, 0.29) is 70.3 Å². The molecule has 0 aliphatic rings. The molecule has 0 bridgehead atoms. The van der Waals surface area contributed by atoms with Crippen molar-refractivity contribution in [2.75, 3.05) is 26.2 Å². The molecule has 13 N–H and O–H groups in total. The van der Waals surface area contributed by atoms with E-state index in [1.807, 2.05) is 0 Å². The van der Waals surface area contributed by atoms with E-state index in [2.05, 4.69) is 52.0 Å². The second-order valence-corrected chi connectivity index (χ2v) is 16.4. The first-order valence-corrected chi connectivity index (χ1v) is 23.4. The fraction of sp³-hybridized carbons (Fsp3) is 0.132. The number of azo groups is 3. The number of phenols is 3. The number of carboxylic acid groups (broad SMARTS) is 6. The lowest BCUT2D eigenvalue weighted by Crippen LogP contribution is -2.30. The van der Waals surface area contributed by atoms with Gasteiger partial charge in [-0.2, -0.15) is 30.7 Å². The van der Waals surface area contributed by atoms with Gasteiger partial charge in [0.25, 0.3) is 11.8 Å². The average Bonchev–Trinajstić information content (AvgIpc) is 3.45. The molecule has 0 saturated carbocycles. The fourth-order valence-electron chi connectivity index (χ4n) is 6.20. The lowest BCUT2D eigenvalue weighted by molar-refractivity contribution is -0.138. The third-order valence-corrected chi connectivity index (χ3v) is 10.1. The quantitative estimate of drug-likeness (QED) is 0.0334. The van der Waals surface area contributed by atoms with Gasteiger partial charge in [0.1, 0.15) is 49.0 Å². The summed E-state index contributed by atoms with van der Waals surface area (Å²) in [7, 11) is 0. The van der Waals surface area contributed by atoms with Crippen LogP contribution in [-0.4, -0.2) is 132 Å². The maximum absolute atomic E-state index is 11.9. The monoisotopic (exact) mass is 1130 g/mol. The average molecular weight is 1130 g/mol. The Morgan fingerprint density at radius 3 is 0.854 bits per heavy atom. The molecule has 82 heavy (non-hydrogen) atoms. The minimum atomic E-state index is -1.27. The van der Waals surface area contributed by atoms with Crippen LogP contribution in [0.3, 0.4) is 0 Å². The van der Waals surface area contributed by atoms with Crippen LogP contribution in [0.15, 0.2) is 158 Å². The second kappa shape index (κ2) is 31.4. The number of carbonyl (C=O) groups excluding carboxylic acids is 4. The van der Waals surface area contributed by atoms with Crippen molar-refractivity contribution in [3.8, 4) is 17.2 Å². The first-order valence-electron chi connectivity index (χ1n) is 23.4. The van der Waals surface area contributed by atoms with E-state index in [0.717, 1.165) is 0 Å². The van der Waals surface area contributed by atoms with E-state index >= 15 is 0 Å². The largest absolute Gasteiger partial charge is 0.507 e. The number of nitrogens with zero attached hydrogens (tertiary/aromatic N) is 6. The molecule has 0 heterocycles. The SMILES string of the molecule is O=C(O)CNC(=O)Cc1ccc(N=Nc2ccc(O)c(C(=O)NCC(=O)O)c2)cc1.O=C(O)CNC(=O)Cc1ccc(N=Nc2ccc(O)c(C(=O)O)c2)cc1.O=C(O)CNC(=O)c1cc(N=Nc2ccc(CC(=O)O)cc2)ccc1O. The van der Waals surface area contributed by atoms with E-state index in [0.29, 0.717) is 33.8 Å². The molecular formula is C53H48N10O19. The number of nitrogens with one attached hydrogen (secondary N) is 4. The number of phenolic OH excluding ortho intramolecular Hbond substituents is 2. The summed E-state index contributed by atoms with van der Waals surface area (Å²) in [6, 6.07) is 31.1. The van der Waals surface area contributed by atoms with Gasteiger partial charge in [-0.25, -0.2) is 4.79 Å². The molecule has 0 atom stereocenters. The van der Waals surface area contributed by atoms with Gasteiger partial charge in [-0.1, -0.05) is 36.4 Å². The Kier molecular flexibility index (Phi) is 24.1. The summed E-state index contributed by atoms with van der Waals surface area (Å²) >= 11 is 0. The molecule has 0 unspecified atom stereocenters. The van der Waals surface area contributed by atoms with E-state index in [4.69, 9.17) is 30.6 Å². The molecule has 0 aliphatic heterocycles. The van der Waals surface area contributed by atoms with Gasteiger partial charge < -0.3 is 67.2 Å². The van der Waals surface area contributed by atoms with Crippen LogP contribution in [0.2, 0.25) is 0 Å². The molecule has 0 fully saturated rings. The highest BCUT2D eigenvalue weighted by molar-refractivity contribution is 5.99. The highest BCUT2D eigenvalue weighted by Gasteiger charge is 2.16. The molecule has 424 valence electrons. The van der Waals surface area contributed by atoms with Crippen LogP contribution >= 0.6 is 0 Å². The first kappa shape index (κ1) is 62.8. The Labute approximate surface area is 461 Å². The summed E-state index contributed by atoms with van der Waals surface area (Å²) in [6.45, 7) is -2.05. The van der Waals surface area contributed by atoms with Gasteiger partial charge in [-0.3, -0.25) is 43.2 Å². The maximum atomic E-state index is 11.9. The second-order valence-electron chi connectivity index (χ2n) is 16.4. The molecule has 6 rings (SSSR count). The smallest absolute Gasteiger partial charge is 0.339 e. The molecule has 0 aliphatic carbocycles. The standard InChI is InChI=1S/C19H18N4O7.2C17H15N3O6/c24-15-6-5-13(8-14(15)19(30)21-10-18(28)29)23-22-12-3-1-11(2-4-12)7-16(25)20-9-17(26)27;21-14-6-5-12(8-13(14)17(26)18-9-16(24)25)20-19-11-3-1-10(2-4-11)7-15(22)23;21-14-6-5-12(8-13(14)17(25)26)20-19-11-3-1-10(2-4-11)7-15(22)18-9-16(23)24/h1-6,8,24H,7,9-10H2,(H,20,25)(H,21,30)(H,26,27)(H,28,29);1-6,8,21H,7,9H2,(H,18,26)(H,22,23)(H,24,25);1-6,8,21H,7,9H2,(H,18,22)(H,23,24)(H,25,26). The molecule has 6 aromatic carbocycles.